The van der Waals surface area contributed by atoms with Gasteiger partial charge in [0.25, 0.3) is 0 Å². The highest BCUT2D eigenvalue weighted by Gasteiger charge is 2.51. The minimum absolute atomic E-state index is 0.182. The second-order valence-corrected chi connectivity index (χ2v) is 8.71. The van der Waals surface area contributed by atoms with Gasteiger partial charge < -0.3 is 24.2 Å². The number of esters is 2. The van der Waals surface area contributed by atoms with Gasteiger partial charge in [0.1, 0.15) is 30.3 Å². The van der Waals surface area contributed by atoms with E-state index in [2.05, 4.69) is 4.99 Å². The van der Waals surface area contributed by atoms with Crippen molar-refractivity contribution in [3.63, 3.8) is 0 Å². The van der Waals surface area contributed by atoms with Crippen LogP contribution in [0.15, 0.2) is 65.7 Å². The van der Waals surface area contributed by atoms with Crippen LogP contribution in [0.1, 0.15) is 20.7 Å². The summed E-state index contributed by atoms with van der Waals surface area (Å²) >= 11 is 1.37. The molecular weight excluding hydrogens is 432 g/mol. The molecule has 2 aliphatic rings. The number of benzene rings is 2. The molecule has 2 aromatic rings. The fraction of sp³-hybridized carbons (Fsp3) is 0.348. The lowest BCUT2D eigenvalue weighted by molar-refractivity contribution is -0.167. The number of fused-ring (bicyclic) bond motifs is 1. The lowest BCUT2D eigenvalue weighted by Gasteiger charge is -2.39. The predicted molar refractivity (Wildman–Crippen MR) is 120 cm³/mol. The average Bonchev–Trinajstić information content (AvgIpc) is 3.25. The molecule has 4 rings (SSSR count). The monoisotopic (exact) mass is 456 g/mol. The standard InChI is InChI=1S/C23H24N2O6S/c1-25(2)23-24-17-18(26)19(31-21(28)15-11-7-4-8-12-15)16(30-22(17)32-23)13-29-20(27)14-9-5-3-6-10-14/h3-12,16-19,22,26H,13H2,1-2H3/t16-,17-,18-,19+,22-/m1/s1. The van der Waals surface area contributed by atoms with Gasteiger partial charge in [0.05, 0.1) is 11.1 Å². The van der Waals surface area contributed by atoms with Gasteiger partial charge in [0.2, 0.25) is 0 Å². The maximum Gasteiger partial charge on any atom is 0.338 e. The van der Waals surface area contributed by atoms with E-state index >= 15 is 0 Å². The molecule has 0 saturated carbocycles. The minimum atomic E-state index is -1.12. The van der Waals surface area contributed by atoms with Crippen molar-refractivity contribution in [1.82, 2.24) is 4.90 Å². The fourth-order valence-electron chi connectivity index (χ4n) is 3.48. The Morgan fingerprint density at radius 1 is 1.03 bits per heavy atom. The third-order valence-electron chi connectivity index (χ3n) is 5.15. The van der Waals surface area contributed by atoms with Gasteiger partial charge in [-0.1, -0.05) is 48.2 Å². The Bertz CT molecular complexity index is 984. The molecule has 0 radical (unpaired) electrons. The number of thioether (sulfide) groups is 1. The largest absolute Gasteiger partial charge is 0.459 e. The van der Waals surface area contributed by atoms with Crippen molar-refractivity contribution in [2.75, 3.05) is 20.7 Å². The highest BCUT2D eigenvalue weighted by molar-refractivity contribution is 8.14. The second-order valence-electron chi connectivity index (χ2n) is 7.65. The van der Waals surface area contributed by atoms with Crippen LogP contribution < -0.4 is 0 Å². The van der Waals surface area contributed by atoms with Crippen LogP contribution in [-0.4, -0.2) is 77.6 Å². The maximum atomic E-state index is 12.7. The van der Waals surface area contributed by atoms with Gasteiger partial charge in [-0.25, -0.2) is 9.59 Å². The highest BCUT2D eigenvalue weighted by Crippen LogP contribution is 2.38. The van der Waals surface area contributed by atoms with E-state index in [-0.39, 0.29) is 6.61 Å². The van der Waals surface area contributed by atoms with Crippen molar-refractivity contribution in [3.05, 3.63) is 71.8 Å². The van der Waals surface area contributed by atoms with Gasteiger partial charge in [-0.05, 0) is 24.3 Å². The number of aliphatic imine (C=N–C) groups is 1. The van der Waals surface area contributed by atoms with Crippen LogP contribution in [-0.2, 0) is 14.2 Å². The zero-order valence-corrected chi connectivity index (χ0v) is 18.5. The Kier molecular flexibility index (Phi) is 6.78. The number of ether oxygens (including phenoxy) is 3. The van der Waals surface area contributed by atoms with Crippen LogP contribution in [0.25, 0.3) is 0 Å². The molecule has 1 N–H and O–H groups in total. The molecule has 1 saturated heterocycles. The van der Waals surface area contributed by atoms with Crippen molar-refractivity contribution >= 4 is 28.9 Å². The number of amidine groups is 1. The number of hydrogen-bond donors (Lipinski definition) is 1. The molecule has 2 aromatic carbocycles. The highest BCUT2D eigenvalue weighted by atomic mass is 32.2. The lowest BCUT2D eigenvalue weighted by Crippen LogP contribution is -2.57. The first kappa shape index (κ1) is 22.3. The number of nitrogens with zero attached hydrogens (tertiary/aromatic N) is 2. The van der Waals surface area contributed by atoms with E-state index in [1.165, 1.54) is 11.8 Å². The molecule has 8 nitrogen and oxygen atoms in total. The third-order valence-corrected chi connectivity index (χ3v) is 6.45. The molecule has 32 heavy (non-hydrogen) atoms. The summed E-state index contributed by atoms with van der Waals surface area (Å²) in [4.78, 5) is 31.4. The maximum absolute atomic E-state index is 12.7. The summed E-state index contributed by atoms with van der Waals surface area (Å²) in [6.45, 7) is -0.182. The van der Waals surface area contributed by atoms with Crippen LogP contribution >= 0.6 is 11.8 Å². The lowest BCUT2D eigenvalue weighted by atomic mass is 9.98. The molecule has 2 aliphatic heterocycles. The summed E-state index contributed by atoms with van der Waals surface area (Å²) in [5, 5.41) is 11.8. The molecule has 0 unspecified atom stereocenters. The summed E-state index contributed by atoms with van der Waals surface area (Å²) in [6.07, 6.45) is -3.03. The summed E-state index contributed by atoms with van der Waals surface area (Å²) in [5.41, 5.74) is 0.266. The summed E-state index contributed by atoms with van der Waals surface area (Å²) in [7, 11) is 3.70. The molecular formula is C23H24N2O6S. The van der Waals surface area contributed by atoms with Gasteiger partial charge in [-0.15, -0.1) is 0 Å². The number of rotatable bonds is 5. The Labute approximate surface area is 190 Å². The molecule has 0 amide bonds. The van der Waals surface area contributed by atoms with Gasteiger partial charge in [-0.3, -0.25) is 4.99 Å². The molecule has 1 fully saturated rings. The first-order valence-electron chi connectivity index (χ1n) is 10.2. The molecule has 0 bridgehead atoms. The quantitative estimate of drug-likeness (QED) is 0.684. The van der Waals surface area contributed by atoms with Crippen LogP contribution in [0, 0.1) is 0 Å². The van der Waals surface area contributed by atoms with E-state index in [4.69, 9.17) is 14.2 Å². The van der Waals surface area contributed by atoms with E-state index in [1.54, 1.807) is 60.7 Å². The van der Waals surface area contributed by atoms with Crippen molar-refractivity contribution in [3.8, 4) is 0 Å². The topological polar surface area (TPSA) is 97.7 Å². The first-order chi connectivity index (χ1) is 15.4. The van der Waals surface area contributed by atoms with Gasteiger partial charge >= 0.3 is 11.9 Å². The number of carbonyl (C=O) groups is 2. The van der Waals surface area contributed by atoms with Crippen LogP contribution in [0.5, 0.6) is 0 Å². The molecule has 168 valence electrons. The number of carbonyl (C=O) groups excluding carboxylic acids is 2. The SMILES string of the molecule is CN(C)C1=N[C@@H]2[C@@H](O)[C@@H](OC(=O)c3ccccc3)[C@@H](COC(=O)c3ccccc3)O[C@@H]2S1. The number of aliphatic hydroxyl groups excluding tert-OH is 1. The fourth-order valence-corrected chi connectivity index (χ4v) is 4.64. The predicted octanol–water partition coefficient (Wildman–Crippen LogP) is 2.19. The number of aliphatic hydroxyl groups is 1. The van der Waals surface area contributed by atoms with Crippen molar-refractivity contribution < 1.29 is 28.9 Å². The van der Waals surface area contributed by atoms with E-state index in [1.807, 2.05) is 19.0 Å². The van der Waals surface area contributed by atoms with Crippen LogP contribution in [0.4, 0.5) is 0 Å². The van der Waals surface area contributed by atoms with E-state index in [9.17, 15) is 14.7 Å². The van der Waals surface area contributed by atoms with E-state index < -0.39 is 41.7 Å². The Hall–Kier alpha value is -2.88. The molecule has 0 aliphatic carbocycles. The molecule has 5 atom stereocenters. The zero-order chi connectivity index (χ0) is 22.7. The number of hydrogen-bond acceptors (Lipinski definition) is 9. The van der Waals surface area contributed by atoms with Crippen LogP contribution in [0.3, 0.4) is 0 Å². The first-order valence-corrected chi connectivity index (χ1v) is 11.1. The van der Waals surface area contributed by atoms with Gasteiger partial charge in [-0.2, -0.15) is 0 Å². The zero-order valence-electron chi connectivity index (χ0n) is 17.7. The minimum Gasteiger partial charge on any atom is -0.459 e. The van der Waals surface area contributed by atoms with Gasteiger partial charge in [0, 0.05) is 14.1 Å². The summed E-state index contributed by atoms with van der Waals surface area (Å²) in [6, 6.07) is 16.4. The van der Waals surface area contributed by atoms with Gasteiger partial charge in [0.15, 0.2) is 11.3 Å². The normalized spacial score (nSPS) is 26.6. The average molecular weight is 457 g/mol. The van der Waals surface area contributed by atoms with E-state index in [0.29, 0.717) is 16.3 Å². The van der Waals surface area contributed by atoms with Crippen molar-refractivity contribution in [2.24, 2.45) is 4.99 Å². The van der Waals surface area contributed by atoms with Crippen LogP contribution in [0.2, 0.25) is 0 Å². The molecule has 9 heteroatoms. The Morgan fingerprint density at radius 3 is 2.22 bits per heavy atom. The Balaban J connectivity index is 1.52. The molecule has 0 spiro atoms. The van der Waals surface area contributed by atoms with Crippen molar-refractivity contribution in [1.29, 1.82) is 0 Å². The molecule has 0 aromatic heterocycles. The Morgan fingerprint density at radius 2 is 1.62 bits per heavy atom. The summed E-state index contributed by atoms with van der Waals surface area (Å²) in [5.74, 6) is -1.12. The second kappa shape index (κ2) is 9.72. The summed E-state index contributed by atoms with van der Waals surface area (Å²) < 4.78 is 17.2. The third kappa shape index (κ3) is 4.79. The smallest absolute Gasteiger partial charge is 0.338 e. The molecule has 2 heterocycles. The van der Waals surface area contributed by atoms with Crippen molar-refractivity contribution in [2.45, 2.75) is 29.8 Å². The van der Waals surface area contributed by atoms with E-state index in [0.717, 1.165) is 0 Å².